The van der Waals surface area contributed by atoms with Gasteiger partial charge in [0.25, 0.3) is 0 Å². The van der Waals surface area contributed by atoms with Gasteiger partial charge in [0.15, 0.2) is 5.16 Å². The molecular weight excluding hydrogens is 346 g/mol. The Labute approximate surface area is 157 Å². The molecule has 5 nitrogen and oxygen atoms in total. The van der Waals surface area contributed by atoms with E-state index in [9.17, 15) is 19.5 Å². The molecule has 0 saturated carbocycles. The number of hydrogen-bond acceptors (Lipinski definition) is 3. The Morgan fingerprint density at radius 3 is 1.77 bits per heavy atom. The maximum atomic E-state index is 12.8. The second kappa shape index (κ2) is 8.16. The van der Waals surface area contributed by atoms with Crippen LogP contribution in [0.15, 0.2) is 36.5 Å². The Balaban J connectivity index is 3.91. The molecule has 1 rings (SSSR count). The van der Waals surface area contributed by atoms with Crippen molar-refractivity contribution in [1.82, 2.24) is 4.90 Å². The Kier molecular flexibility index (Phi) is 6.93. The monoisotopic (exact) mass is 377 g/mol. The zero-order valence-electron chi connectivity index (χ0n) is 16.5. The van der Waals surface area contributed by atoms with Crippen molar-refractivity contribution >= 4 is 25.9 Å². The first-order valence-corrected chi connectivity index (χ1v) is 11.6. The van der Waals surface area contributed by atoms with E-state index >= 15 is 0 Å². The van der Waals surface area contributed by atoms with Gasteiger partial charge in [-0.25, -0.2) is 4.79 Å². The summed E-state index contributed by atoms with van der Waals surface area (Å²) in [6.45, 7) is 19.4. The van der Waals surface area contributed by atoms with Crippen molar-refractivity contribution in [1.29, 1.82) is 0 Å². The molecule has 0 aromatic rings. The number of carboxylic acid groups (broad SMARTS) is 1. The van der Waals surface area contributed by atoms with Crippen LogP contribution in [-0.2, 0) is 14.4 Å². The van der Waals surface area contributed by atoms with Crippen LogP contribution < -0.4 is 0 Å². The van der Waals surface area contributed by atoms with Crippen LogP contribution >= 0.6 is 0 Å². The molecule has 0 spiro atoms. The molecule has 0 bridgehead atoms. The van der Waals surface area contributed by atoms with Crippen LogP contribution in [0.1, 0.15) is 47.0 Å². The smallest absolute Gasteiger partial charge is 0.330 e. The highest BCUT2D eigenvalue weighted by molar-refractivity contribution is 6.88. The van der Waals surface area contributed by atoms with Crippen molar-refractivity contribution < 1.29 is 19.5 Å². The van der Waals surface area contributed by atoms with Crippen LogP contribution in [0, 0.1) is 0 Å². The van der Waals surface area contributed by atoms with Crippen molar-refractivity contribution in [3.05, 3.63) is 36.5 Å². The molecule has 1 aliphatic heterocycles. The molecule has 0 radical (unpaired) electrons. The number of nitrogens with zero attached hydrogens (tertiary/aromatic N) is 1. The second-order valence-electron chi connectivity index (χ2n) is 7.72. The predicted molar refractivity (Wildman–Crippen MR) is 106 cm³/mol. The van der Waals surface area contributed by atoms with E-state index in [0.29, 0.717) is 23.7 Å². The largest absolute Gasteiger partial charge is 0.479 e. The molecular formula is C20H31NO4Si. The number of likely N-dealkylation sites (tertiary alicyclic amines) is 1. The van der Waals surface area contributed by atoms with Crippen molar-refractivity contribution in [2.24, 2.45) is 0 Å². The molecule has 1 fully saturated rings. The first-order chi connectivity index (χ1) is 12.0. The summed E-state index contributed by atoms with van der Waals surface area (Å²) in [5.41, 5.74) is 2.06. The quantitative estimate of drug-likeness (QED) is 0.353. The van der Waals surface area contributed by atoms with Gasteiger partial charge in [0.05, 0.1) is 0 Å². The van der Waals surface area contributed by atoms with Crippen LogP contribution in [0.4, 0.5) is 0 Å². The minimum Gasteiger partial charge on any atom is -0.479 e. The Morgan fingerprint density at radius 1 is 1.08 bits per heavy atom. The number of carbonyl (C=O) groups is 3. The number of carbonyl (C=O) groups excluding carboxylic acids is 2. The van der Waals surface area contributed by atoms with Gasteiger partial charge in [-0.05, 0) is 38.4 Å². The first-order valence-electron chi connectivity index (χ1n) is 9.00. The summed E-state index contributed by atoms with van der Waals surface area (Å²) in [5.74, 6) is -2.00. The number of aliphatic carboxylic acids is 1. The summed E-state index contributed by atoms with van der Waals surface area (Å²) in [6, 6.07) is 1.65. The fourth-order valence-corrected chi connectivity index (χ4v) is 11.3. The summed E-state index contributed by atoms with van der Waals surface area (Å²) in [4.78, 5) is 39.1. The highest BCUT2D eigenvalue weighted by Crippen LogP contribution is 2.47. The van der Waals surface area contributed by atoms with E-state index < -0.39 is 31.0 Å². The molecule has 2 amide bonds. The minimum absolute atomic E-state index is 0.0535. The lowest BCUT2D eigenvalue weighted by Gasteiger charge is -2.51. The predicted octanol–water partition coefficient (Wildman–Crippen LogP) is 4.09. The lowest BCUT2D eigenvalue weighted by Crippen LogP contribution is -2.73. The van der Waals surface area contributed by atoms with E-state index in [1.165, 1.54) is 0 Å². The summed E-state index contributed by atoms with van der Waals surface area (Å²) in [5, 5.41) is 8.77. The van der Waals surface area contributed by atoms with Crippen LogP contribution in [0.2, 0.25) is 18.1 Å². The highest BCUT2D eigenvalue weighted by Gasteiger charge is 2.65. The average Bonchev–Trinajstić information content (AvgIpc) is 2.78. The summed E-state index contributed by atoms with van der Waals surface area (Å²) >= 11 is 0. The maximum absolute atomic E-state index is 12.8. The molecule has 144 valence electrons. The molecule has 26 heavy (non-hydrogen) atoms. The Bertz CT molecular complexity index is 619. The van der Waals surface area contributed by atoms with Gasteiger partial charge < -0.3 is 5.11 Å². The van der Waals surface area contributed by atoms with E-state index in [1.54, 1.807) is 6.92 Å². The maximum Gasteiger partial charge on any atom is 0.330 e. The van der Waals surface area contributed by atoms with Crippen molar-refractivity contribution in [3.8, 4) is 0 Å². The first kappa shape index (κ1) is 22.1. The van der Waals surface area contributed by atoms with E-state index in [2.05, 4.69) is 19.7 Å². The third-order valence-electron chi connectivity index (χ3n) is 5.09. The molecule has 1 N–H and O–H groups in total. The van der Waals surface area contributed by atoms with Crippen molar-refractivity contribution in [2.45, 2.75) is 70.3 Å². The average molecular weight is 378 g/mol. The van der Waals surface area contributed by atoms with E-state index in [0.717, 1.165) is 22.5 Å². The molecule has 1 heterocycles. The molecule has 0 aromatic carbocycles. The van der Waals surface area contributed by atoms with Crippen LogP contribution in [-0.4, -0.2) is 41.0 Å². The summed E-state index contributed by atoms with van der Waals surface area (Å²) in [6.07, 6.45) is 0.862. The zero-order valence-corrected chi connectivity index (χ0v) is 17.5. The van der Waals surface area contributed by atoms with Crippen LogP contribution in [0.25, 0.3) is 0 Å². The zero-order chi connectivity index (χ0) is 20.3. The van der Waals surface area contributed by atoms with Gasteiger partial charge in [-0.15, -0.1) is 13.2 Å². The van der Waals surface area contributed by atoms with Gasteiger partial charge in [0, 0.05) is 12.8 Å². The molecule has 1 aliphatic rings. The SMILES string of the molecule is C=C(C)C[Si](CCC)(CC(=C)C)C(C(=C)C)(C(=O)O)N1C(=O)CCC1=O. The lowest BCUT2D eigenvalue weighted by atomic mass is 10.1. The number of rotatable bonds is 10. The van der Waals surface area contributed by atoms with Gasteiger partial charge >= 0.3 is 5.97 Å². The van der Waals surface area contributed by atoms with Gasteiger partial charge in [-0.1, -0.05) is 37.1 Å². The summed E-state index contributed by atoms with van der Waals surface area (Å²) < 4.78 is 0. The Hall–Kier alpha value is -1.95. The number of hydrogen-bond donors (Lipinski definition) is 1. The normalized spacial score (nSPS) is 17.2. The van der Waals surface area contributed by atoms with Gasteiger partial charge in [0.2, 0.25) is 11.8 Å². The lowest BCUT2D eigenvalue weighted by molar-refractivity contribution is -0.155. The summed E-state index contributed by atoms with van der Waals surface area (Å²) in [7, 11) is -2.89. The molecule has 1 atom stereocenters. The fourth-order valence-electron chi connectivity index (χ4n) is 4.65. The van der Waals surface area contributed by atoms with E-state index in [1.807, 2.05) is 20.8 Å². The van der Waals surface area contributed by atoms with Gasteiger partial charge in [-0.3, -0.25) is 14.5 Å². The topological polar surface area (TPSA) is 74.7 Å². The van der Waals surface area contributed by atoms with E-state index in [4.69, 9.17) is 0 Å². The molecule has 0 aromatic heterocycles. The van der Waals surface area contributed by atoms with Gasteiger partial charge in [0.1, 0.15) is 8.07 Å². The highest BCUT2D eigenvalue weighted by atomic mass is 28.3. The number of amides is 2. The van der Waals surface area contributed by atoms with Crippen LogP contribution in [0.3, 0.4) is 0 Å². The van der Waals surface area contributed by atoms with E-state index in [-0.39, 0.29) is 12.8 Å². The van der Waals surface area contributed by atoms with Gasteiger partial charge in [-0.2, -0.15) is 0 Å². The van der Waals surface area contributed by atoms with Crippen molar-refractivity contribution in [3.63, 3.8) is 0 Å². The standard InChI is InChI=1S/C20H31NO4Si/c1-8-11-26(12-14(2)3,13-15(4)5)20(16(6)7,19(24)25)21-17(22)9-10-18(21)23/h2,4,6,8-13H2,1,3,5,7H3,(H,24,25). The minimum atomic E-state index is -2.89. The number of carboxylic acids is 1. The number of imide groups is 1. The van der Waals surface area contributed by atoms with Crippen molar-refractivity contribution in [2.75, 3.05) is 0 Å². The Morgan fingerprint density at radius 2 is 1.50 bits per heavy atom. The molecule has 1 unspecified atom stereocenters. The second-order valence-corrected chi connectivity index (χ2v) is 12.2. The third-order valence-corrected chi connectivity index (χ3v) is 11.5. The molecule has 6 heteroatoms. The molecule has 1 saturated heterocycles. The fraction of sp³-hybridized carbons (Fsp3) is 0.550. The molecule has 0 aliphatic carbocycles. The van der Waals surface area contributed by atoms with Crippen LogP contribution in [0.5, 0.6) is 0 Å². The third kappa shape index (κ3) is 3.61. The number of allylic oxidation sites excluding steroid dienone is 2.